The molecule has 0 atom stereocenters. The molecule has 5 aromatic rings. The maximum Gasteiger partial charge on any atom is 0.360 e. The van der Waals surface area contributed by atoms with Crippen LogP contribution in [0, 0.1) is 0 Å². The first-order valence-electron chi connectivity index (χ1n) is 12.3. The van der Waals surface area contributed by atoms with E-state index in [2.05, 4.69) is 34.4 Å². The fourth-order valence-electron chi connectivity index (χ4n) is 4.48. The van der Waals surface area contributed by atoms with Gasteiger partial charge in [-0.1, -0.05) is 125 Å². The number of carboxylic acid groups (broad SMARTS) is 1. The van der Waals surface area contributed by atoms with Gasteiger partial charge >= 0.3 is 5.97 Å². The number of carboxylic acids is 1. The minimum Gasteiger partial charge on any atom is -0.476 e. The number of thiazole rings is 1. The zero-order chi connectivity index (χ0) is 28.1. The Morgan fingerprint density at radius 3 is 2.20 bits per heavy atom. The molecule has 0 aliphatic rings. The SMILES string of the molecule is Nc1nc(C(=NOCc2cc(Cl)ccc2Cl)C(=O)O)c(-c2ccccc2C(c2ccccc2)c2ccccc2)s1. The second-order valence-electron chi connectivity index (χ2n) is 8.83. The van der Waals surface area contributed by atoms with Crippen molar-refractivity contribution < 1.29 is 14.7 Å². The summed E-state index contributed by atoms with van der Waals surface area (Å²) in [5, 5.41) is 15.2. The number of nitrogen functional groups attached to an aromatic ring is 1. The second-order valence-corrected chi connectivity index (χ2v) is 10.7. The highest BCUT2D eigenvalue weighted by Crippen LogP contribution is 2.41. The minimum atomic E-state index is -1.30. The average molecular weight is 589 g/mol. The number of halogens is 2. The third kappa shape index (κ3) is 6.02. The molecule has 1 aromatic heterocycles. The third-order valence-electron chi connectivity index (χ3n) is 6.24. The van der Waals surface area contributed by atoms with Crippen LogP contribution in [0.4, 0.5) is 5.13 Å². The van der Waals surface area contributed by atoms with Crippen LogP contribution in [0.3, 0.4) is 0 Å². The van der Waals surface area contributed by atoms with Crippen LogP contribution in [0.15, 0.2) is 108 Å². The summed E-state index contributed by atoms with van der Waals surface area (Å²) in [5.41, 5.74) is 10.4. The van der Waals surface area contributed by atoms with Crippen molar-refractivity contribution in [3.8, 4) is 10.4 Å². The molecule has 0 bridgehead atoms. The van der Waals surface area contributed by atoms with Crippen LogP contribution >= 0.6 is 34.5 Å². The smallest absolute Gasteiger partial charge is 0.360 e. The first-order valence-corrected chi connectivity index (χ1v) is 13.8. The number of aliphatic carboxylic acids is 1. The second kappa shape index (κ2) is 12.3. The Morgan fingerprint density at radius 2 is 1.55 bits per heavy atom. The molecule has 5 rings (SSSR count). The number of nitrogens with two attached hydrogens (primary N) is 1. The fourth-order valence-corrected chi connectivity index (χ4v) is 5.73. The summed E-state index contributed by atoms with van der Waals surface area (Å²) < 4.78 is 0. The molecule has 0 fully saturated rings. The molecule has 0 aliphatic heterocycles. The molecular formula is C31H23Cl2N3O3S. The molecule has 6 nitrogen and oxygen atoms in total. The zero-order valence-electron chi connectivity index (χ0n) is 21.0. The normalized spacial score (nSPS) is 11.5. The van der Waals surface area contributed by atoms with Crippen molar-refractivity contribution in [2.75, 3.05) is 5.73 Å². The summed E-state index contributed by atoms with van der Waals surface area (Å²) >= 11 is 13.5. The van der Waals surface area contributed by atoms with Crippen LogP contribution in [-0.2, 0) is 16.2 Å². The van der Waals surface area contributed by atoms with Crippen molar-refractivity contribution in [2.24, 2.45) is 5.16 Å². The molecule has 0 saturated carbocycles. The van der Waals surface area contributed by atoms with E-state index in [4.69, 9.17) is 33.8 Å². The number of hydrogen-bond donors (Lipinski definition) is 2. The van der Waals surface area contributed by atoms with Crippen LogP contribution < -0.4 is 5.73 Å². The predicted octanol–water partition coefficient (Wildman–Crippen LogP) is 7.88. The maximum absolute atomic E-state index is 12.4. The van der Waals surface area contributed by atoms with Crippen molar-refractivity contribution in [3.05, 3.63) is 141 Å². The summed E-state index contributed by atoms with van der Waals surface area (Å²) in [6, 6.07) is 33.0. The van der Waals surface area contributed by atoms with Gasteiger partial charge in [-0.3, -0.25) is 0 Å². The van der Waals surface area contributed by atoms with Gasteiger partial charge in [-0.15, -0.1) is 0 Å². The molecule has 1 heterocycles. The van der Waals surface area contributed by atoms with E-state index in [0.29, 0.717) is 20.5 Å². The first kappa shape index (κ1) is 27.4. The largest absolute Gasteiger partial charge is 0.476 e. The highest BCUT2D eigenvalue weighted by molar-refractivity contribution is 7.19. The van der Waals surface area contributed by atoms with Gasteiger partial charge < -0.3 is 15.7 Å². The van der Waals surface area contributed by atoms with Crippen LogP contribution in [0.5, 0.6) is 0 Å². The average Bonchev–Trinajstić information content (AvgIpc) is 3.35. The monoisotopic (exact) mass is 587 g/mol. The van der Waals surface area contributed by atoms with Gasteiger partial charge in [0.15, 0.2) is 5.13 Å². The third-order valence-corrected chi connectivity index (χ3v) is 7.76. The van der Waals surface area contributed by atoms with Gasteiger partial charge in [-0.2, -0.15) is 0 Å². The molecule has 0 spiro atoms. The van der Waals surface area contributed by atoms with Gasteiger partial charge in [0.25, 0.3) is 0 Å². The van der Waals surface area contributed by atoms with Crippen molar-refractivity contribution in [3.63, 3.8) is 0 Å². The Morgan fingerprint density at radius 1 is 0.925 bits per heavy atom. The standard InChI is InChI=1S/C31H23Cl2N3O3S/c32-22-15-16-25(33)21(17-22)18-39-36-28(30(37)38)27-29(40-31(34)35-27)24-14-8-7-13-23(24)26(19-9-3-1-4-10-19)20-11-5-2-6-12-20/h1-17,26H,18H2,(H2,34,35)(H,37,38). The molecule has 0 aliphatic carbocycles. The van der Waals surface area contributed by atoms with E-state index in [9.17, 15) is 9.90 Å². The molecule has 0 radical (unpaired) electrons. The van der Waals surface area contributed by atoms with Crippen LogP contribution in [0.2, 0.25) is 10.0 Å². The van der Waals surface area contributed by atoms with Crippen LogP contribution in [0.1, 0.15) is 33.9 Å². The Bertz CT molecular complexity index is 1630. The lowest BCUT2D eigenvalue weighted by atomic mass is 9.82. The quantitative estimate of drug-likeness (QED) is 0.104. The minimum absolute atomic E-state index is 0.0776. The lowest BCUT2D eigenvalue weighted by Gasteiger charge is -2.22. The highest BCUT2D eigenvalue weighted by Gasteiger charge is 2.27. The highest BCUT2D eigenvalue weighted by atomic mass is 35.5. The summed E-state index contributed by atoms with van der Waals surface area (Å²) in [4.78, 5) is 22.8. The van der Waals surface area contributed by atoms with E-state index in [-0.39, 0.29) is 29.1 Å². The number of rotatable bonds is 9. The number of oxime groups is 1. The Balaban J connectivity index is 1.59. The van der Waals surface area contributed by atoms with E-state index in [1.807, 2.05) is 60.7 Å². The summed E-state index contributed by atoms with van der Waals surface area (Å²) in [6.45, 7) is -0.0776. The van der Waals surface area contributed by atoms with E-state index in [1.54, 1.807) is 18.2 Å². The Labute approximate surface area is 245 Å². The number of anilines is 1. The van der Waals surface area contributed by atoms with Crippen molar-refractivity contribution in [2.45, 2.75) is 12.5 Å². The molecule has 40 heavy (non-hydrogen) atoms. The maximum atomic E-state index is 12.4. The summed E-state index contributed by atoms with van der Waals surface area (Å²) in [5.74, 6) is -1.43. The Kier molecular flexibility index (Phi) is 8.45. The molecule has 0 saturated heterocycles. The predicted molar refractivity (Wildman–Crippen MR) is 161 cm³/mol. The van der Waals surface area contributed by atoms with Gasteiger partial charge in [0.05, 0.1) is 4.88 Å². The van der Waals surface area contributed by atoms with Crippen molar-refractivity contribution >= 4 is 51.4 Å². The van der Waals surface area contributed by atoms with Gasteiger partial charge in [-0.25, -0.2) is 9.78 Å². The van der Waals surface area contributed by atoms with Crippen molar-refractivity contribution in [1.29, 1.82) is 0 Å². The van der Waals surface area contributed by atoms with Crippen LogP contribution in [-0.4, -0.2) is 21.8 Å². The lowest BCUT2D eigenvalue weighted by molar-refractivity contribution is -0.129. The zero-order valence-corrected chi connectivity index (χ0v) is 23.3. The van der Waals surface area contributed by atoms with E-state index >= 15 is 0 Å². The van der Waals surface area contributed by atoms with Gasteiger partial charge in [-0.05, 0) is 40.5 Å². The molecule has 200 valence electrons. The van der Waals surface area contributed by atoms with E-state index < -0.39 is 5.97 Å². The van der Waals surface area contributed by atoms with E-state index in [1.165, 1.54) is 11.3 Å². The molecule has 4 aromatic carbocycles. The van der Waals surface area contributed by atoms with E-state index in [0.717, 1.165) is 22.3 Å². The van der Waals surface area contributed by atoms with Crippen LogP contribution in [0.25, 0.3) is 10.4 Å². The molecule has 3 N–H and O–H groups in total. The number of carbonyl (C=O) groups is 1. The number of hydrogen-bond acceptors (Lipinski definition) is 6. The van der Waals surface area contributed by atoms with Gasteiger partial charge in [0.2, 0.25) is 5.71 Å². The van der Waals surface area contributed by atoms with Gasteiger partial charge in [0.1, 0.15) is 12.3 Å². The molecular weight excluding hydrogens is 565 g/mol. The molecule has 0 unspecified atom stereocenters. The molecule has 0 amide bonds. The Hall–Kier alpha value is -4.17. The molecule has 9 heteroatoms. The first-order chi connectivity index (χ1) is 19.4. The number of benzene rings is 4. The topological polar surface area (TPSA) is 97.8 Å². The summed E-state index contributed by atoms with van der Waals surface area (Å²) in [6.07, 6.45) is 0. The number of nitrogens with zero attached hydrogens (tertiary/aromatic N) is 2. The fraction of sp³-hybridized carbons (Fsp3) is 0.0645. The summed E-state index contributed by atoms with van der Waals surface area (Å²) in [7, 11) is 0. The number of aromatic nitrogens is 1. The van der Waals surface area contributed by atoms with Crippen molar-refractivity contribution in [1.82, 2.24) is 4.98 Å². The lowest BCUT2D eigenvalue weighted by Crippen LogP contribution is -2.17. The van der Waals surface area contributed by atoms with Gasteiger partial charge in [0, 0.05) is 21.5 Å².